The Hall–Kier alpha value is -2.28. The largest absolute Gasteiger partial charge is 0.481 e. The quantitative estimate of drug-likeness (QED) is 0.832. The highest BCUT2D eigenvalue weighted by molar-refractivity contribution is 5.95. The molecular weight excluding hydrogens is 338 g/mol. The van der Waals surface area contributed by atoms with Gasteiger partial charge in [0.15, 0.2) is 11.5 Å². The summed E-state index contributed by atoms with van der Waals surface area (Å²) in [6.07, 6.45) is 0.307. The maximum Gasteiger partial charge on any atom is 0.314 e. The number of likely N-dealkylation sites (tertiary alicyclic amines) is 1. The average Bonchev–Trinajstić information content (AvgIpc) is 3.08. The molecule has 0 saturated carbocycles. The summed E-state index contributed by atoms with van der Waals surface area (Å²) >= 11 is 0. The Morgan fingerprint density at radius 3 is 2.73 bits per heavy atom. The van der Waals surface area contributed by atoms with Crippen LogP contribution in [0.2, 0.25) is 0 Å². The molecule has 26 heavy (non-hydrogen) atoms. The number of ether oxygens (including phenoxy) is 2. The van der Waals surface area contributed by atoms with Crippen LogP contribution in [-0.2, 0) is 4.79 Å². The molecule has 0 unspecified atom stereocenters. The van der Waals surface area contributed by atoms with Crippen molar-refractivity contribution in [3.8, 4) is 11.5 Å². The minimum Gasteiger partial charge on any atom is -0.481 e. The number of benzene rings is 1. The van der Waals surface area contributed by atoms with E-state index in [0.29, 0.717) is 42.4 Å². The van der Waals surface area contributed by atoms with E-state index in [1.54, 1.807) is 18.2 Å². The van der Waals surface area contributed by atoms with Crippen molar-refractivity contribution in [2.45, 2.75) is 39.2 Å². The Morgan fingerprint density at radius 1 is 1.31 bits per heavy atom. The number of piperidine rings is 1. The molecule has 3 rings (SSSR count). The van der Waals surface area contributed by atoms with E-state index < -0.39 is 17.5 Å². The molecule has 2 N–H and O–H groups in total. The second-order valence-electron chi connectivity index (χ2n) is 7.49. The number of aliphatic hydroxyl groups excluding tert-OH is 1. The van der Waals surface area contributed by atoms with Crippen LogP contribution in [0.4, 0.5) is 0 Å². The molecule has 1 amide bonds. The van der Waals surface area contributed by atoms with Gasteiger partial charge in [0, 0.05) is 18.7 Å². The minimum atomic E-state index is -1.32. The van der Waals surface area contributed by atoms with Gasteiger partial charge in [0.05, 0.1) is 6.10 Å². The molecule has 0 spiro atoms. The summed E-state index contributed by atoms with van der Waals surface area (Å²) in [5.41, 5.74) is -0.900. The van der Waals surface area contributed by atoms with Crippen molar-refractivity contribution in [2.75, 3.05) is 19.9 Å². The molecule has 2 heterocycles. The molecule has 7 nitrogen and oxygen atoms in total. The third-order valence-corrected chi connectivity index (χ3v) is 5.28. The maximum atomic E-state index is 12.9. The summed E-state index contributed by atoms with van der Waals surface area (Å²) in [6, 6.07) is 4.95. The number of rotatable bonds is 5. The van der Waals surface area contributed by atoms with Gasteiger partial charge in [0.1, 0.15) is 5.41 Å². The van der Waals surface area contributed by atoms with Gasteiger partial charge < -0.3 is 24.6 Å². The van der Waals surface area contributed by atoms with E-state index in [1.807, 2.05) is 13.8 Å². The first-order valence-corrected chi connectivity index (χ1v) is 8.94. The van der Waals surface area contributed by atoms with Gasteiger partial charge in [-0.2, -0.15) is 0 Å². The summed E-state index contributed by atoms with van der Waals surface area (Å²) in [7, 11) is 0. The van der Waals surface area contributed by atoms with Crippen molar-refractivity contribution in [2.24, 2.45) is 11.3 Å². The average molecular weight is 363 g/mol. The third kappa shape index (κ3) is 3.35. The molecule has 1 aromatic carbocycles. The van der Waals surface area contributed by atoms with E-state index in [9.17, 15) is 19.8 Å². The van der Waals surface area contributed by atoms with Gasteiger partial charge in [-0.15, -0.1) is 0 Å². The molecular formula is C19H25NO6. The summed E-state index contributed by atoms with van der Waals surface area (Å²) in [4.78, 5) is 26.5. The molecule has 1 aromatic rings. The number of carboxylic acid groups (broad SMARTS) is 1. The number of carbonyl (C=O) groups is 2. The molecule has 142 valence electrons. The lowest BCUT2D eigenvalue weighted by atomic mass is 9.72. The van der Waals surface area contributed by atoms with Crippen molar-refractivity contribution in [1.29, 1.82) is 0 Å². The van der Waals surface area contributed by atoms with Gasteiger partial charge in [-0.3, -0.25) is 9.59 Å². The molecule has 2 aliphatic rings. The van der Waals surface area contributed by atoms with Crippen LogP contribution in [-0.4, -0.2) is 53.0 Å². The number of amides is 1. The van der Waals surface area contributed by atoms with E-state index >= 15 is 0 Å². The fourth-order valence-electron chi connectivity index (χ4n) is 3.57. The summed E-state index contributed by atoms with van der Waals surface area (Å²) in [6.45, 7) is 4.48. The first kappa shape index (κ1) is 18.5. The second-order valence-corrected chi connectivity index (χ2v) is 7.49. The van der Waals surface area contributed by atoms with Crippen LogP contribution in [0.3, 0.4) is 0 Å². The molecule has 7 heteroatoms. The standard InChI is InChI=1S/C19H25NO6/c1-12(2)5-7-19(18(23)24)10-20(8-6-16(19)21)17(22)13-3-4-14-15(9-13)26-11-25-14/h3-4,9,12,16,21H,5-8,10-11H2,1-2H3,(H,23,24)/t16-,19+/m0/s1. The van der Waals surface area contributed by atoms with E-state index in [4.69, 9.17) is 9.47 Å². The highest BCUT2D eigenvalue weighted by Gasteiger charge is 2.49. The van der Waals surface area contributed by atoms with Gasteiger partial charge >= 0.3 is 5.97 Å². The molecule has 1 fully saturated rings. The predicted octanol–water partition coefficient (Wildman–Crippen LogP) is 2.13. The lowest BCUT2D eigenvalue weighted by molar-refractivity contribution is -0.163. The normalized spacial score (nSPS) is 24.8. The third-order valence-electron chi connectivity index (χ3n) is 5.28. The van der Waals surface area contributed by atoms with E-state index in [-0.39, 0.29) is 25.7 Å². The van der Waals surface area contributed by atoms with E-state index in [2.05, 4.69) is 0 Å². The Balaban J connectivity index is 1.81. The monoisotopic (exact) mass is 363 g/mol. The maximum absolute atomic E-state index is 12.9. The van der Waals surface area contributed by atoms with Crippen LogP contribution in [0.15, 0.2) is 18.2 Å². The van der Waals surface area contributed by atoms with Crippen LogP contribution in [0.25, 0.3) is 0 Å². The lowest BCUT2D eigenvalue weighted by Gasteiger charge is -2.43. The zero-order chi connectivity index (χ0) is 18.9. The Labute approximate surface area is 152 Å². The van der Waals surface area contributed by atoms with Crippen molar-refractivity contribution < 1.29 is 29.3 Å². The van der Waals surface area contributed by atoms with Crippen LogP contribution >= 0.6 is 0 Å². The van der Waals surface area contributed by atoms with Crippen LogP contribution < -0.4 is 9.47 Å². The number of hydrogen-bond acceptors (Lipinski definition) is 5. The molecule has 0 radical (unpaired) electrons. The molecule has 0 aromatic heterocycles. The smallest absolute Gasteiger partial charge is 0.314 e. The molecule has 0 aliphatic carbocycles. The molecule has 0 bridgehead atoms. The lowest BCUT2D eigenvalue weighted by Crippen LogP contribution is -2.57. The van der Waals surface area contributed by atoms with Crippen molar-refractivity contribution >= 4 is 11.9 Å². The number of fused-ring (bicyclic) bond motifs is 1. The van der Waals surface area contributed by atoms with Gasteiger partial charge in [0.25, 0.3) is 5.91 Å². The zero-order valence-corrected chi connectivity index (χ0v) is 15.1. The summed E-state index contributed by atoms with van der Waals surface area (Å²) < 4.78 is 10.6. The number of hydrogen-bond donors (Lipinski definition) is 2. The first-order chi connectivity index (χ1) is 12.3. The predicted molar refractivity (Wildman–Crippen MR) is 93.2 cm³/mol. The van der Waals surface area contributed by atoms with Crippen molar-refractivity contribution in [1.82, 2.24) is 4.90 Å². The molecule has 2 aliphatic heterocycles. The van der Waals surface area contributed by atoms with Crippen LogP contribution in [0.1, 0.15) is 43.5 Å². The topological polar surface area (TPSA) is 96.3 Å². The van der Waals surface area contributed by atoms with Gasteiger partial charge in [0.2, 0.25) is 6.79 Å². The van der Waals surface area contributed by atoms with Crippen molar-refractivity contribution in [3.63, 3.8) is 0 Å². The second kappa shape index (κ2) is 7.15. The molecule has 2 atom stereocenters. The number of nitrogens with zero attached hydrogens (tertiary/aromatic N) is 1. The van der Waals surface area contributed by atoms with Gasteiger partial charge in [-0.1, -0.05) is 13.8 Å². The molecule has 1 saturated heterocycles. The number of carbonyl (C=O) groups excluding carboxylic acids is 1. The number of carboxylic acids is 1. The summed E-state index contributed by atoms with van der Waals surface area (Å²) in [5.74, 6) is 0.113. The van der Waals surface area contributed by atoms with Crippen molar-refractivity contribution in [3.05, 3.63) is 23.8 Å². The van der Waals surface area contributed by atoms with Crippen LogP contribution in [0.5, 0.6) is 11.5 Å². The Bertz CT molecular complexity index is 703. The van der Waals surface area contributed by atoms with Crippen LogP contribution in [0, 0.1) is 11.3 Å². The van der Waals surface area contributed by atoms with E-state index in [1.165, 1.54) is 4.90 Å². The first-order valence-electron chi connectivity index (χ1n) is 8.94. The fourth-order valence-corrected chi connectivity index (χ4v) is 3.57. The minimum absolute atomic E-state index is 0.00347. The summed E-state index contributed by atoms with van der Waals surface area (Å²) in [5, 5.41) is 20.3. The number of aliphatic hydroxyl groups is 1. The highest BCUT2D eigenvalue weighted by atomic mass is 16.7. The zero-order valence-electron chi connectivity index (χ0n) is 15.1. The fraction of sp³-hybridized carbons (Fsp3) is 0.579. The number of aliphatic carboxylic acids is 1. The highest BCUT2D eigenvalue weighted by Crippen LogP contribution is 2.38. The van der Waals surface area contributed by atoms with Gasteiger partial charge in [-0.25, -0.2) is 0 Å². The Morgan fingerprint density at radius 2 is 2.04 bits per heavy atom. The van der Waals surface area contributed by atoms with Gasteiger partial charge in [-0.05, 0) is 43.4 Å². The SMILES string of the molecule is CC(C)CC[C@@]1(C(=O)O)CN(C(=O)c2ccc3c(c2)OCO3)CC[C@@H]1O. The van der Waals surface area contributed by atoms with E-state index in [0.717, 1.165) is 0 Å². The Kier molecular flexibility index (Phi) is 5.09.